The Labute approximate surface area is 177 Å². The third-order valence-electron chi connectivity index (χ3n) is 5.37. The summed E-state index contributed by atoms with van der Waals surface area (Å²) in [6.07, 6.45) is 1.94. The predicted octanol–water partition coefficient (Wildman–Crippen LogP) is 2.62. The van der Waals surface area contributed by atoms with Crippen LogP contribution in [0.5, 0.6) is 0 Å². The van der Waals surface area contributed by atoms with Crippen LogP contribution in [0.4, 0.5) is 0 Å². The fraction of sp³-hybridized carbons (Fsp3) is 0.455. The molecule has 6 nitrogen and oxygen atoms in total. The number of carbonyl (C=O) groups excluding carboxylic acids is 1. The van der Waals surface area contributed by atoms with Crippen LogP contribution in [-0.4, -0.2) is 36.9 Å². The molecule has 1 atom stereocenters. The summed E-state index contributed by atoms with van der Waals surface area (Å²) in [4.78, 5) is 19.5. The number of benzene rings is 1. The molecule has 156 valence electrons. The van der Waals surface area contributed by atoms with E-state index in [9.17, 15) is 4.79 Å². The van der Waals surface area contributed by atoms with Gasteiger partial charge < -0.3 is 16.4 Å². The van der Waals surface area contributed by atoms with E-state index in [1.54, 1.807) is 18.4 Å². The molecule has 4 N–H and O–H groups in total. The lowest BCUT2D eigenvalue weighted by Gasteiger charge is -2.31. The van der Waals surface area contributed by atoms with Crippen molar-refractivity contribution < 1.29 is 4.79 Å². The molecule has 29 heavy (non-hydrogen) atoms. The highest BCUT2D eigenvalue weighted by Crippen LogP contribution is 2.19. The maximum absolute atomic E-state index is 11.5. The number of guanidine groups is 1. The number of likely N-dealkylation sites (tertiary alicyclic amines) is 1. The third kappa shape index (κ3) is 6.30. The highest BCUT2D eigenvalue weighted by Gasteiger charge is 2.23. The largest absolute Gasteiger partial charge is 0.369 e. The molecule has 0 aliphatic carbocycles. The standard InChI is InChI=1S/C22H31N5OS/c1-16-8-10-29-20(16)13-26-22(24-2)25-12-17-5-3-6-18(11-17)14-27-9-4-7-19(15-27)21(23)28/h3,5-6,8,10-11,19H,4,7,9,12-15H2,1-2H3,(H2,23,28)(H2,24,25,26). The Morgan fingerprint density at radius 3 is 2.79 bits per heavy atom. The Morgan fingerprint density at radius 1 is 1.28 bits per heavy atom. The van der Waals surface area contributed by atoms with Crippen molar-refractivity contribution >= 4 is 23.2 Å². The van der Waals surface area contributed by atoms with Crippen LogP contribution in [0.3, 0.4) is 0 Å². The summed E-state index contributed by atoms with van der Waals surface area (Å²) in [5.41, 5.74) is 9.27. The Bertz CT molecular complexity index is 847. The zero-order valence-corrected chi connectivity index (χ0v) is 18.1. The van der Waals surface area contributed by atoms with Crippen molar-refractivity contribution in [2.24, 2.45) is 16.6 Å². The second-order valence-electron chi connectivity index (χ2n) is 7.60. The molecule has 1 fully saturated rings. The maximum atomic E-state index is 11.5. The van der Waals surface area contributed by atoms with Crippen LogP contribution in [-0.2, 0) is 24.4 Å². The number of aryl methyl sites for hydroxylation is 1. The van der Waals surface area contributed by atoms with Gasteiger partial charge in [0.05, 0.1) is 12.5 Å². The minimum absolute atomic E-state index is 0.0185. The van der Waals surface area contributed by atoms with Crippen molar-refractivity contribution in [3.8, 4) is 0 Å². The van der Waals surface area contributed by atoms with Gasteiger partial charge in [-0.2, -0.15) is 0 Å². The number of aliphatic imine (C=N–C) groups is 1. The van der Waals surface area contributed by atoms with Gasteiger partial charge in [-0.25, -0.2) is 0 Å². The van der Waals surface area contributed by atoms with E-state index >= 15 is 0 Å². The molecule has 1 unspecified atom stereocenters. The lowest BCUT2D eigenvalue weighted by atomic mass is 9.97. The molecule has 1 aromatic carbocycles. The average Bonchev–Trinajstić information content (AvgIpc) is 3.13. The van der Waals surface area contributed by atoms with E-state index in [0.717, 1.165) is 45.0 Å². The van der Waals surface area contributed by atoms with Crippen molar-refractivity contribution in [3.05, 3.63) is 57.3 Å². The molecule has 1 aromatic heterocycles. The molecule has 1 aliphatic rings. The number of nitrogens with one attached hydrogen (secondary N) is 2. The number of nitrogens with two attached hydrogens (primary N) is 1. The summed E-state index contributed by atoms with van der Waals surface area (Å²) in [5.74, 6) is 0.600. The molecular weight excluding hydrogens is 382 g/mol. The van der Waals surface area contributed by atoms with E-state index in [1.165, 1.54) is 21.6 Å². The first kappa shape index (κ1) is 21.3. The summed E-state index contributed by atoms with van der Waals surface area (Å²) in [5, 5.41) is 8.88. The van der Waals surface area contributed by atoms with E-state index in [0.29, 0.717) is 6.54 Å². The normalized spacial score (nSPS) is 17.9. The van der Waals surface area contributed by atoms with E-state index < -0.39 is 0 Å². The average molecular weight is 414 g/mol. The molecule has 1 saturated heterocycles. The second kappa shape index (κ2) is 10.4. The number of nitrogens with zero attached hydrogens (tertiary/aromatic N) is 2. The van der Waals surface area contributed by atoms with Gasteiger partial charge in [0.1, 0.15) is 0 Å². The van der Waals surface area contributed by atoms with Crippen LogP contribution < -0.4 is 16.4 Å². The number of hydrogen-bond acceptors (Lipinski definition) is 4. The van der Waals surface area contributed by atoms with Crippen molar-refractivity contribution in [1.29, 1.82) is 0 Å². The molecule has 0 radical (unpaired) electrons. The van der Waals surface area contributed by atoms with Crippen LogP contribution in [0.15, 0.2) is 40.7 Å². The topological polar surface area (TPSA) is 82.8 Å². The Hall–Kier alpha value is -2.38. The van der Waals surface area contributed by atoms with Crippen LogP contribution >= 0.6 is 11.3 Å². The summed E-state index contributed by atoms with van der Waals surface area (Å²) in [6, 6.07) is 10.7. The first-order valence-electron chi connectivity index (χ1n) is 10.1. The Kier molecular flexibility index (Phi) is 7.66. The zero-order chi connectivity index (χ0) is 20.6. The third-order valence-corrected chi connectivity index (χ3v) is 6.40. The first-order chi connectivity index (χ1) is 14.0. The lowest BCUT2D eigenvalue weighted by molar-refractivity contribution is -0.123. The fourth-order valence-corrected chi connectivity index (χ4v) is 4.53. The van der Waals surface area contributed by atoms with E-state index in [-0.39, 0.29) is 11.8 Å². The van der Waals surface area contributed by atoms with Crippen LogP contribution in [0.2, 0.25) is 0 Å². The molecule has 0 spiro atoms. The van der Waals surface area contributed by atoms with Crippen LogP contribution in [0, 0.1) is 12.8 Å². The minimum atomic E-state index is -0.177. The lowest BCUT2D eigenvalue weighted by Crippen LogP contribution is -2.40. The Morgan fingerprint density at radius 2 is 2.07 bits per heavy atom. The van der Waals surface area contributed by atoms with E-state index in [1.807, 2.05) is 0 Å². The molecule has 3 rings (SSSR count). The Balaban J connectivity index is 1.51. The van der Waals surface area contributed by atoms with E-state index in [2.05, 4.69) is 63.2 Å². The van der Waals surface area contributed by atoms with Gasteiger partial charge in [0.15, 0.2) is 5.96 Å². The van der Waals surface area contributed by atoms with E-state index in [4.69, 9.17) is 5.73 Å². The van der Waals surface area contributed by atoms with Gasteiger partial charge in [-0.05, 0) is 54.4 Å². The molecule has 1 amide bonds. The van der Waals surface area contributed by atoms with Gasteiger partial charge in [0.2, 0.25) is 5.91 Å². The number of carbonyl (C=O) groups is 1. The maximum Gasteiger partial charge on any atom is 0.221 e. The number of rotatable bonds is 7. The number of hydrogen-bond donors (Lipinski definition) is 3. The molecule has 2 heterocycles. The number of primary amides is 1. The van der Waals surface area contributed by atoms with Gasteiger partial charge in [-0.15, -0.1) is 11.3 Å². The van der Waals surface area contributed by atoms with Gasteiger partial charge in [0.25, 0.3) is 0 Å². The minimum Gasteiger partial charge on any atom is -0.369 e. The quantitative estimate of drug-likeness (QED) is 0.481. The van der Waals surface area contributed by atoms with Gasteiger partial charge in [-0.3, -0.25) is 14.7 Å². The van der Waals surface area contributed by atoms with Crippen molar-refractivity contribution in [1.82, 2.24) is 15.5 Å². The zero-order valence-electron chi connectivity index (χ0n) is 17.3. The van der Waals surface area contributed by atoms with Crippen LogP contribution in [0.25, 0.3) is 0 Å². The van der Waals surface area contributed by atoms with Gasteiger partial charge in [0, 0.05) is 31.6 Å². The molecule has 2 aromatic rings. The number of piperidine rings is 1. The molecular formula is C22H31N5OS. The van der Waals surface area contributed by atoms with Crippen molar-refractivity contribution in [3.63, 3.8) is 0 Å². The molecule has 0 saturated carbocycles. The smallest absolute Gasteiger partial charge is 0.221 e. The summed E-state index contributed by atoms with van der Waals surface area (Å²) in [7, 11) is 1.79. The van der Waals surface area contributed by atoms with Crippen molar-refractivity contribution in [2.45, 2.75) is 39.4 Å². The summed E-state index contributed by atoms with van der Waals surface area (Å²) < 4.78 is 0. The van der Waals surface area contributed by atoms with Gasteiger partial charge in [-0.1, -0.05) is 24.3 Å². The molecule has 0 bridgehead atoms. The second-order valence-corrected chi connectivity index (χ2v) is 8.60. The first-order valence-corrected chi connectivity index (χ1v) is 11.0. The summed E-state index contributed by atoms with van der Waals surface area (Å²) >= 11 is 1.76. The molecule has 7 heteroatoms. The monoisotopic (exact) mass is 413 g/mol. The SMILES string of the molecule is CN=C(NCc1cccc(CN2CCCC(C(N)=O)C2)c1)NCc1sccc1C. The van der Waals surface area contributed by atoms with Gasteiger partial charge >= 0.3 is 0 Å². The highest BCUT2D eigenvalue weighted by molar-refractivity contribution is 7.10. The fourth-order valence-electron chi connectivity index (χ4n) is 3.68. The predicted molar refractivity (Wildman–Crippen MR) is 120 cm³/mol. The number of amides is 1. The van der Waals surface area contributed by atoms with Crippen LogP contribution in [0.1, 0.15) is 34.4 Å². The van der Waals surface area contributed by atoms with Crippen molar-refractivity contribution in [2.75, 3.05) is 20.1 Å². The summed E-state index contributed by atoms with van der Waals surface area (Å²) in [6.45, 7) is 6.24. The highest BCUT2D eigenvalue weighted by atomic mass is 32.1. The molecule has 1 aliphatic heterocycles. The number of thiophene rings is 1.